The molecule has 4 nitrogen and oxygen atoms in total. The fraction of sp³-hybridized carbons (Fsp3) is 0.647. The van der Waals surface area contributed by atoms with E-state index in [1.807, 2.05) is 27.8 Å². The highest BCUT2D eigenvalue weighted by molar-refractivity contribution is 5.54. The second-order valence-electron chi connectivity index (χ2n) is 5.25. The van der Waals surface area contributed by atoms with Crippen molar-refractivity contribution in [1.82, 2.24) is 5.32 Å². The van der Waals surface area contributed by atoms with Crippen molar-refractivity contribution >= 4 is 0 Å². The molecule has 2 rings (SSSR count). The Bertz CT molecular complexity index is 430. The lowest BCUT2D eigenvalue weighted by molar-refractivity contribution is 0.259. The van der Waals surface area contributed by atoms with Crippen molar-refractivity contribution in [3.8, 4) is 17.2 Å². The highest BCUT2D eigenvalue weighted by Gasteiger charge is 2.32. The number of rotatable bonds is 9. The van der Waals surface area contributed by atoms with Gasteiger partial charge in [0.2, 0.25) is 5.75 Å². The van der Waals surface area contributed by atoms with Crippen molar-refractivity contribution in [3.05, 3.63) is 17.7 Å². The Morgan fingerprint density at radius 2 is 1.52 bits per heavy atom. The number of hydrogen-bond acceptors (Lipinski definition) is 4. The predicted molar refractivity (Wildman–Crippen MR) is 84.5 cm³/mol. The molecule has 0 aromatic heterocycles. The molecular weight excluding hydrogens is 266 g/mol. The second-order valence-corrected chi connectivity index (χ2v) is 5.25. The third kappa shape index (κ3) is 3.82. The van der Waals surface area contributed by atoms with Crippen LogP contribution < -0.4 is 19.5 Å². The Kier molecular flexibility index (Phi) is 5.74. The quantitative estimate of drug-likeness (QED) is 0.756. The molecule has 0 spiro atoms. The first-order valence-corrected chi connectivity index (χ1v) is 7.98. The third-order valence-corrected chi connectivity index (χ3v) is 3.69. The lowest BCUT2D eigenvalue weighted by atomic mass is 10.0. The van der Waals surface area contributed by atoms with Crippen LogP contribution in [0.25, 0.3) is 0 Å². The Balaban J connectivity index is 2.40. The first-order valence-electron chi connectivity index (χ1n) is 7.98. The summed E-state index contributed by atoms with van der Waals surface area (Å²) in [7, 11) is 2.01. The van der Waals surface area contributed by atoms with Gasteiger partial charge in [0, 0.05) is 6.04 Å². The summed E-state index contributed by atoms with van der Waals surface area (Å²) in [4.78, 5) is 0. The topological polar surface area (TPSA) is 39.7 Å². The van der Waals surface area contributed by atoms with Crippen molar-refractivity contribution < 1.29 is 14.2 Å². The molecular formula is C17H27NO3. The van der Waals surface area contributed by atoms with E-state index >= 15 is 0 Å². The van der Waals surface area contributed by atoms with E-state index in [0.717, 1.165) is 23.2 Å². The smallest absolute Gasteiger partial charge is 0.203 e. The molecule has 1 aliphatic carbocycles. The fourth-order valence-corrected chi connectivity index (χ4v) is 2.69. The zero-order chi connectivity index (χ0) is 15.2. The maximum atomic E-state index is 5.78. The van der Waals surface area contributed by atoms with E-state index < -0.39 is 0 Å². The van der Waals surface area contributed by atoms with Crippen molar-refractivity contribution in [2.24, 2.45) is 5.92 Å². The average molecular weight is 293 g/mol. The molecule has 118 valence electrons. The van der Waals surface area contributed by atoms with Gasteiger partial charge in [-0.25, -0.2) is 0 Å². The van der Waals surface area contributed by atoms with Gasteiger partial charge in [0.15, 0.2) is 11.5 Å². The molecule has 21 heavy (non-hydrogen) atoms. The minimum Gasteiger partial charge on any atom is -0.490 e. The molecule has 1 aromatic rings. The van der Waals surface area contributed by atoms with Gasteiger partial charge in [0.1, 0.15) is 0 Å². The minimum atomic E-state index is 0.360. The van der Waals surface area contributed by atoms with E-state index in [9.17, 15) is 0 Å². The average Bonchev–Trinajstić information content (AvgIpc) is 3.29. The van der Waals surface area contributed by atoms with Crippen LogP contribution in [-0.2, 0) is 0 Å². The highest BCUT2D eigenvalue weighted by Crippen LogP contribution is 2.46. The molecule has 0 saturated heterocycles. The molecule has 0 bridgehead atoms. The normalized spacial score (nSPS) is 15.6. The van der Waals surface area contributed by atoms with Gasteiger partial charge in [-0.2, -0.15) is 0 Å². The molecule has 1 aromatic carbocycles. The summed E-state index contributed by atoms with van der Waals surface area (Å²) in [5.74, 6) is 3.00. The highest BCUT2D eigenvalue weighted by atomic mass is 16.5. The molecule has 4 heteroatoms. The fourth-order valence-electron chi connectivity index (χ4n) is 2.69. The lowest BCUT2D eigenvalue weighted by Gasteiger charge is -2.21. The molecule has 1 atom stereocenters. The van der Waals surface area contributed by atoms with Gasteiger partial charge in [-0.05, 0) is 64.3 Å². The number of nitrogens with one attached hydrogen (secondary N) is 1. The first kappa shape index (κ1) is 16.0. The summed E-state index contributed by atoms with van der Waals surface area (Å²) in [6.45, 7) is 7.77. The summed E-state index contributed by atoms with van der Waals surface area (Å²) >= 11 is 0. The van der Waals surface area contributed by atoms with Gasteiger partial charge >= 0.3 is 0 Å². The van der Waals surface area contributed by atoms with Crippen LogP contribution >= 0.6 is 0 Å². The van der Waals surface area contributed by atoms with Crippen LogP contribution in [0.2, 0.25) is 0 Å². The zero-order valence-corrected chi connectivity index (χ0v) is 13.6. The Labute approximate surface area is 127 Å². The Morgan fingerprint density at radius 1 is 1.00 bits per heavy atom. The van der Waals surface area contributed by atoms with Crippen molar-refractivity contribution in [1.29, 1.82) is 0 Å². The van der Waals surface area contributed by atoms with Gasteiger partial charge in [0.25, 0.3) is 0 Å². The van der Waals surface area contributed by atoms with E-state index in [0.29, 0.717) is 25.9 Å². The number of benzene rings is 1. The predicted octanol–water partition coefficient (Wildman–Crippen LogP) is 3.55. The van der Waals surface area contributed by atoms with Crippen LogP contribution in [0, 0.1) is 5.92 Å². The van der Waals surface area contributed by atoms with Crippen LogP contribution in [0.1, 0.15) is 45.2 Å². The van der Waals surface area contributed by atoms with Crippen LogP contribution in [0.3, 0.4) is 0 Å². The maximum absolute atomic E-state index is 5.78. The van der Waals surface area contributed by atoms with Gasteiger partial charge in [0.05, 0.1) is 19.8 Å². The standard InChI is InChI=1S/C17H27NO3/c1-5-19-14-10-13(16(18-4)12-8-9-12)11-15(20-6-2)17(14)21-7-3/h10-12,16,18H,5-9H2,1-4H3. The maximum Gasteiger partial charge on any atom is 0.203 e. The van der Waals surface area contributed by atoms with Crippen LogP contribution in [0.15, 0.2) is 12.1 Å². The van der Waals surface area contributed by atoms with Crippen LogP contribution in [0.5, 0.6) is 17.2 Å². The second kappa shape index (κ2) is 7.55. The first-order chi connectivity index (χ1) is 10.2. The summed E-state index contributed by atoms with van der Waals surface area (Å²) in [5.41, 5.74) is 1.22. The van der Waals surface area contributed by atoms with Gasteiger partial charge < -0.3 is 19.5 Å². The van der Waals surface area contributed by atoms with E-state index in [1.54, 1.807) is 0 Å². The zero-order valence-electron chi connectivity index (χ0n) is 13.6. The van der Waals surface area contributed by atoms with Crippen molar-refractivity contribution in [2.75, 3.05) is 26.9 Å². The molecule has 1 aliphatic rings. The summed E-state index contributed by atoms with van der Waals surface area (Å²) in [5, 5.41) is 3.42. The molecule has 1 fully saturated rings. The van der Waals surface area contributed by atoms with E-state index in [2.05, 4.69) is 17.4 Å². The van der Waals surface area contributed by atoms with E-state index in [-0.39, 0.29) is 0 Å². The molecule has 0 amide bonds. The van der Waals surface area contributed by atoms with Crippen molar-refractivity contribution in [3.63, 3.8) is 0 Å². The summed E-state index contributed by atoms with van der Waals surface area (Å²) < 4.78 is 17.3. The van der Waals surface area contributed by atoms with E-state index in [4.69, 9.17) is 14.2 Å². The van der Waals surface area contributed by atoms with Gasteiger partial charge in [-0.3, -0.25) is 0 Å². The SMILES string of the molecule is CCOc1cc(C(NC)C2CC2)cc(OCC)c1OCC. The Morgan fingerprint density at radius 3 is 1.90 bits per heavy atom. The van der Waals surface area contributed by atoms with Gasteiger partial charge in [-0.1, -0.05) is 0 Å². The van der Waals surface area contributed by atoms with Gasteiger partial charge in [-0.15, -0.1) is 0 Å². The monoisotopic (exact) mass is 293 g/mol. The third-order valence-electron chi connectivity index (χ3n) is 3.69. The van der Waals surface area contributed by atoms with Crippen LogP contribution in [-0.4, -0.2) is 26.9 Å². The molecule has 1 saturated carbocycles. The lowest BCUT2D eigenvalue weighted by Crippen LogP contribution is -2.18. The largest absolute Gasteiger partial charge is 0.490 e. The molecule has 1 unspecified atom stereocenters. The summed E-state index contributed by atoms with van der Waals surface area (Å²) in [6.07, 6.45) is 2.57. The molecule has 1 N–H and O–H groups in total. The Hall–Kier alpha value is -1.42. The number of hydrogen-bond donors (Lipinski definition) is 1. The molecule has 0 heterocycles. The van der Waals surface area contributed by atoms with Crippen LogP contribution in [0.4, 0.5) is 0 Å². The minimum absolute atomic E-state index is 0.360. The summed E-state index contributed by atoms with van der Waals surface area (Å²) in [6, 6.07) is 4.55. The number of ether oxygens (including phenoxy) is 3. The van der Waals surface area contributed by atoms with E-state index in [1.165, 1.54) is 18.4 Å². The molecule has 0 radical (unpaired) electrons. The molecule has 0 aliphatic heterocycles. The van der Waals surface area contributed by atoms with Crippen molar-refractivity contribution in [2.45, 2.75) is 39.7 Å².